The molecule has 0 atom stereocenters. The molecule has 4 rings (SSSR count). The Hall–Kier alpha value is -3.00. The Morgan fingerprint density at radius 3 is 2.81 bits per heavy atom. The van der Waals surface area contributed by atoms with Gasteiger partial charge in [-0.2, -0.15) is 5.26 Å². The van der Waals surface area contributed by atoms with Gasteiger partial charge in [0.15, 0.2) is 11.5 Å². The Labute approximate surface area is 119 Å². The molecule has 0 saturated heterocycles. The summed E-state index contributed by atoms with van der Waals surface area (Å²) in [7, 11) is 0. The average Bonchev–Trinajstić information content (AvgIpc) is 3.09. The van der Waals surface area contributed by atoms with Gasteiger partial charge in [0, 0.05) is 23.3 Å². The van der Waals surface area contributed by atoms with Crippen LogP contribution in [-0.2, 0) is 0 Å². The number of hydrogen-bond donors (Lipinski definition) is 0. The summed E-state index contributed by atoms with van der Waals surface area (Å²) in [5.41, 5.74) is 1.93. The summed E-state index contributed by atoms with van der Waals surface area (Å²) >= 11 is 0. The van der Waals surface area contributed by atoms with E-state index < -0.39 is 0 Å². The van der Waals surface area contributed by atoms with Crippen LogP contribution in [0.15, 0.2) is 42.6 Å². The van der Waals surface area contributed by atoms with Gasteiger partial charge in [-0.05, 0) is 30.3 Å². The number of nitriles is 1. The fourth-order valence-electron chi connectivity index (χ4n) is 2.54. The normalized spacial score (nSPS) is 12.6. The number of halogens is 1. The maximum absolute atomic E-state index is 13.5. The molecule has 3 aromatic rings. The Kier molecular flexibility index (Phi) is 2.39. The monoisotopic (exact) mass is 280 g/mol. The van der Waals surface area contributed by atoms with Crippen molar-refractivity contribution in [1.82, 2.24) is 4.57 Å². The average molecular weight is 280 g/mol. The van der Waals surface area contributed by atoms with Gasteiger partial charge in [0.1, 0.15) is 11.9 Å². The molecule has 102 valence electrons. The topological polar surface area (TPSA) is 47.2 Å². The zero-order valence-electron chi connectivity index (χ0n) is 10.8. The summed E-state index contributed by atoms with van der Waals surface area (Å²) in [6.07, 6.45) is 1.70. The van der Waals surface area contributed by atoms with Gasteiger partial charge in [-0.1, -0.05) is 0 Å². The molecule has 0 unspecified atom stereocenters. The second-order valence-corrected chi connectivity index (χ2v) is 4.72. The van der Waals surface area contributed by atoms with Gasteiger partial charge in [-0.25, -0.2) is 4.39 Å². The second-order valence-electron chi connectivity index (χ2n) is 4.72. The molecule has 2 heterocycles. The number of nitrogens with zero attached hydrogens (tertiary/aromatic N) is 2. The Morgan fingerprint density at radius 2 is 1.95 bits per heavy atom. The first-order chi connectivity index (χ1) is 10.3. The molecule has 0 N–H and O–H groups in total. The zero-order chi connectivity index (χ0) is 14.4. The molecule has 0 amide bonds. The van der Waals surface area contributed by atoms with Gasteiger partial charge >= 0.3 is 0 Å². The van der Waals surface area contributed by atoms with E-state index in [0.717, 1.165) is 11.1 Å². The standard InChI is InChI=1S/C16H9FN2O2/c17-11-1-3-13-10(7-18)8-19(14(13)5-11)12-2-4-15-16(6-12)21-9-20-15/h1-6,8H,9H2. The number of hydrogen-bond acceptors (Lipinski definition) is 3. The molecule has 2 aromatic carbocycles. The Balaban J connectivity index is 1.98. The van der Waals surface area contributed by atoms with Crippen LogP contribution >= 0.6 is 0 Å². The smallest absolute Gasteiger partial charge is 0.231 e. The highest BCUT2D eigenvalue weighted by molar-refractivity contribution is 5.88. The third kappa shape index (κ3) is 1.73. The van der Waals surface area contributed by atoms with Crippen LogP contribution in [0.2, 0.25) is 0 Å². The molecule has 0 spiro atoms. The summed E-state index contributed by atoms with van der Waals surface area (Å²) in [5.74, 6) is 0.984. The SMILES string of the molecule is N#Cc1cn(-c2ccc3c(c2)OCO3)c2cc(F)ccc12. The van der Waals surface area contributed by atoms with Crippen LogP contribution in [0.1, 0.15) is 5.56 Å². The van der Waals surface area contributed by atoms with Gasteiger partial charge in [0.05, 0.1) is 11.1 Å². The van der Waals surface area contributed by atoms with Gasteiger partial charge in [0.2, 0.25) is 6.79 Å². The fourth-order valence-corrected chi connectivity index (χ4v) is 2.54. The summed E-state index contributed by atoms with van der Waals surface area (Å²) in [4.78, 5) is 0. The van der Waals surface area contributed by atoms with E-state index in [1.807, 2.05) is 12.1 Å². The van der Waals surface area contributed by atoms with Crippen molar-refractivity contribution >= 4 is 10.9 Å². The molecule has 4 nitrogen and oxygen atoms in total. The summed E-state index contributed by atoms with van der Waals surface area (Å²) < 4.78 is 25.9. The summed E-state index contributed by atoms with van der Waals surface area (Å²) in [6.45, 7) is 0.198. The van der Waals surface area contributed by atoms with Crippen molar-refractivity contribution in [1.29, 1.82) is 5.26 Å². The maximum atomic E-state index is 13.5. The van der Waals surface area contributed by atoms with Crippen molar-refractivity contribution in [3.8, 4) is 23.3 Å². The van der Waals surface area contributed by atoms with Crippen LogP contribution in [0, 0.1) is 17.1 Å². The Bertz CT molecular complexity index is 909. The van der Waals surface area contributed by atoms with Crippen molar-refractivity contribution in [3.63, 3.8) is 0 Å². The zero-order valence-corrected chi connectivity index (χ0v) is 10.8. The van der Waals surface area contributed by atoms with E-state index in [1.165, 1.54) is 12.1 Å². The predicted octanol–water partition coefficient (Wildman–Crippen LogP) is 3.37. The number of benzene rings is 2. The van der Waals surface area contributed by atoms with Crippen LogP contribution < -0.4 is 9.47 Å². The lowest BCUT2D eigenvalue weighted by molar-refractivity contribution is 0.174. The molecule has 0 saturated carbocycles. The molecule has 5 heteroatoms. The van der Waals surface area contributed by atoms with E-state index in [2.05, 4.69) is 6.07 Å². The van der Waals surface area contributed by atoms with Crippen molar-refractivity contribution in [2.45, 2.75) is 0 Å². The largest absolute Gasteiger partial charge is 0.454 e. The third-order valence-electron chi connectivity index (χ3n) is 3.52. The maximum Gasteiger partial charge on any atom is 0.231 e. The number of ether oxygens (including phenoxy) is 2. The highest BCUT2D eigenvalue weighted by atomic mass is 19.1. The van der Waals surface area contributed by atoms with Crippen molar-refractivity contribution < 1.29 is 13.9 Å². The predicted molar refractivity (Wildman–Crippen MR) is 74.1 cm³/mol. The fraction of sp³-hybridized carbons (Fsp3) is 0.0625. The van der Waals surface area contributed by atoms with Crippen molar-refractivity contribution in [3.05, 3.63) is 54.0 Å². The minimum Gasteiger partial charge on any atom is -0.454 e. The van der Waals surface area contributed by atoms with Crippen LogP contribution in [0.4, 0.5) is 4.39 Å². The highest BCUT2D eigenvalue weighted by Crippen LogP contribution is 2.35. The van der Waals surface area contributed by atoms with E-state index in [1.54, 1.807) is 22.9 Å². The lowest BCUT2D eigenvalue weighted by atomic mass is 10.2. The third-order valence-corrected chi connectivity index (χ3v) is 3.52. The Morgan fingerprint density at radius 1 is 1.10 bits per heavy atom. The lowest BCUT2D eigenvalue weighted by Crippen LogP contribution is -1.93. The number of rotatable bonds is 1. The lowest BCUT2D eigenvalue weighted by Gasteiger charge is -2.06. The molecule has 0 aliphatic carbocycles. The van der Waals surface area contributed by atoms with Gasteiger partial charge < -0.3 is 14.0 Å². The molecular formula is C16H9FN2O2. The molecule has 1 aromatic heterocycles. The molecular weight excluding hydrogens is 271 g/mol. The van der Waals surface area contributed by atoms with Crippen LogP contribution in [0.3, 0.4) is 0 Å². The minimum absolute atomic E-state index is 0.198. The van der Waals surface area contributed by atoms with Gasteiger partial charge in [-0.3, -0.25) is 0 Å². The molecule has 1 aliphatic rings. The first-order valence-electron chi connectivity index (χ1n) is 6.37. The number of aromatic nitrogens is 1. The quantitative estimate of drug-likeness (QED) is 0.686. The summed E-state index contributed by atoms with van der Waals surface area (Å²) in [5, 5.41) is 9.94. The first kappa shape index (κ1) is 11.8. The highest BCUT2D eigenvalue weighted by Gasteiger charge is 2.16. The second kappa shape index (κ2) is 4.25. The van der Waals surface area contributed by atoms with E-state index >= 15 is 0 Å². The van der Waals surface area contributed by atoms with E-state index in [4.69, 9.17) is 9.47 Å². The molecule has 1 aliphatic heterocycles. The van der Waals surface area contributed by atoms with Crippen LogP contribution in [-0.4, -0.2) is 11.4 Å². The van der Waals surface area contributed by atoms with Gasteiger partial charge in [0.25, 0.3) is 0 Å². The summed E-state index contributed by atoms with van der Waals surface area (Å²) in [6, 6.07) is 12.0. The van der Waals surface area contributed by atoms with Crippen LogP contribution in [0.5, 0.6) is 11.5 Å². The molecule has 0 radical (unpaired) electrons. The van der Waals surface area contributed by atoms with Crippen molar-refractivity contribution in [2.75, 3.05) is 6.79 Å². The number of fused-ring (bicyclic) bond motifs is 2. The van der Waals surface area contributed by atoms with Gasteiger partial charge in [-0.15, -0.1) is 0 Å². The molecule has 0 fully saturated rings. The van der Waals surface area contributed by atoms with E-state index in [-0.39, 0.29) is 12.6 Å². The van der Waals surface area contributed by atoms with Crippen LogP contribution in [0.25, 0.3) is 16.6 Å². The van der Waals surface area contributed by atoms with E-state index in [0.29, 0.717) is 22.6 Å². The minimum atomic E-state index is -0.341. The van der Waals surface area contributed by atoms with E-state index in [9.17, 15) is 9.65 Å². The first-order valence-corrected chi connectivity index (χ1v) is 6.37. The van der Waals surface area contributed by atoms with Crippen molar-refractivity contribution in [2.24, 2.45) is 0 Å². The molecule has 0 bridgehead atoms. The molecule has 21 heavy (non-hydrogen) atoms.